The van der Waals surface area contributed by atoms with Gasteiger partial charge in [0.1, 0.15) is 0 Å². The van der Waals surface area contributed by atoms with Gasteiger partial charge in [-0.2, -0.15) is 0 Å². The second-order valence-electron chi connectivity index (χ2n) is 10.2. The summed E-state index contributed by atoms with van der Waals surface area (Å²) >= 11 is 0. The summed E-state index contributed by atoms with van der Waals surface area (Å²) in [5.74, 6) is 0.725. The molecule has 0 saturated heterocycles. The summed E-state index contributed by atoms with van der Waals surface area (Å²) < 4.78 is 11.1. The van der Waals surface area contributed by atoms with Crippen molar-refractivity contribution in [1.29, 1.82) is 0 Å². The summed E-state index contributed by atoms with van der Waals surface area (Å²) in [6.07, 6.45) is 24.6. The van der Waals surface area contributed by atoms with E-state index in [0.29, 0.717) is 13.2 Å². The molecule has 34 heavy (non-hydrogen) atoms. The summed E-state index contributed by atoms with van der Waals surface area (Å²) in [4.78, 5) is 12.7. The SMILES string of the molecule is CCCCCCCCN(CCCCCCCC)CCCCOP(O)OCCC(CCC)CCC. The molecule has 0 aliphatic heterocycles. The highest BCUT2D eigenvalue weighted by atomic mass is 31.2. The van der Waals surface area contributed by atoms with Crippen LogP contribution in [0.4, 0.5) is 0 Å². The van der Waals surface area contributed by atoms with Gasteiger partial charge in [-0.1, -0.05) is 118 Å². The molecule has 0 spiro atoms. The first-order chi connectivity index (χ1) is 16.7. The Morgan fingerprint density at radius 1 is 0.529 bits per heavy atom. The van der Waals surface area contributed by atoms with E-state index >= 15 is 0 Å². The van der Waals surface area contributed by atoms with Crippen molar-refractivity contribution in [2.45, 2.75) is 150 Å². The topological polar surface area (TPSA) is 41.9 Å². The third-order valence-electron chi connectivity index (χ3n) is 6.85. The smallest absolute Gasteiger partial charge is 0.328 e. The van der Waals surface area contributed by atoms with Crippen molar-refractivity contribution in [2.24, 2.45) is 5.92 Å². The summed E-state index contributed by atoms with van der Waals surface area (Å²) in [7, 11) is -1.71. The monoisotopic (exact) mass is 503 g/mol. The third kappa shape index (κ3) is 24.0. The Bertz CT molecular complexity index is 364. The van der Waals surface area contributed by atoms with Gasteiger partial charge in [0.2, 0.25) is 0 Å². The van der Waals surface area contributed by atoms with Crippen molar-refractivity contribution in [2.75, 3.05) is 32.8 Å². The molecular formula is C29H62NO3P. The Morgan fingerprint density at radius 3 is 1.47 bits per heavy atom. The fourth-order valence-electron chi connectivity index (χ4n) is 4.73. The number of hydrogen-bond donors (Lipinski definition) is 1. The molecule has 0 radical (unpaired) electrons. The largest absolute Gasteiger partial charge is 0.329 e. The van der Waals surface area contributed by atoms with E-state index < -0.39 is 8.60 Å². The van der Waals surface area contributed by atoms with Gasteiger partial charge in [-0.3, -0.25) is 0 Å². The van der Waals surface area contributed by atoms with E-state index in [4.69, 9.17) is 9.05 Å². The van der Waals surface area contributed by atoms with Crippen molar-refractivity contribution in [3.63, 3.8) is 0 Å². The minimum absolute atomic E-state index is 0.609. The zero-order valence-corrected chi connectivity index (χ0v) is 24.6. The Morgan fingerprint density at radius 2 is 0.971 bits per heavy atom. The molecule has 206 valence electrons. The molecular weight excluding hydrogens is 441 g/mol. The number of nitrogens with zero attached hydrogens (tertiary/aromatic N) is 1. The molecule has 1 N–H and O–H groups in total. The molecule has 4 nitrogen and oxygen atoms in total. The lowest BCUT2D eigenvalue weighted by Gasteiger charge is -2.22. The molecule has 0 aromatic heterocycles. The maximum absolute atomic E-state index is 10.0. The van der Waals surface area contributed by atoms with E-state index in [9.17, 15) is 4.89 Å². The third-order valence-corrected chi connectivity index (χ3v) is 7.65. The second-order valence-corrected chi connectivity index (χ2v) is 11.2. The van der Waals surface area contributed by atoms with Crippen LogP contribution >= 0.6 is 8.60 Å². The van der Waals surface area contributed by atoms with Crippen molar-refractivity contribution in [3.8, 4) is 0 Å². The fourth-order valence-corrected chi connectivity index (χ4v) is 5.35. The van der Waals surface area contributed by atoms with Crippen LogP contribution in [0.1, 0.15) is 150 Å². The standard InChI is InChI=1S/C29H62NO3P/c1-5-9-11-13-15-17-24-30(25-18-16-14-12-10-6-2)26-19-20-27-32-34(31)33-28-23-29(21-7-3)22-8-4/h29,31H,5-28H2,1-4H3. The van der Waals surface area contributed by atoms with Crippen molar-refractivity contribution < 1.29 is 13.9 Å². The fraction of sp³-hybridized carbons (Fsp3) is 1.00. The quantitative estimate of drug-likeness (QED) is 0.0852. The Kier molecular flexibility index (Phi) is 28.1. The average Bonchev–Trinajstić information content (AvgIpc) is 2.83. The maximum Gasteiger partial charge on any atom is 0.329 e. The highest BCUT2D eigenvalue weighted by Crippen LogP contribution is 2.34. The van der Waals surface area contributed by atoms with Crippen LogP contribution in [0.2, 0.25) is 0 Å². The molecule has 0 heterocycles. The predicted molar refractivity (Wildman–Crippen MR) is 151 cm³/mol. The van der Waals surface area contributed by atoms with Gasteiger partial charge in [-0.05, 0) is 57.7 Å². The van der Waals surface area contributed by atoms with Crippen LogP contribution < -0.4 is 0 Å². The summed E-state index contributed by atoms with van der Waals surface area (Å²) in [5.41, 5.74) is 0. The number of hydrogen-bond acceptors (Lipinski definition) is 4. The van der Waals surface area contributed by atoms with Crippen molar-refractivity contribution >= 4 is 8.60 Å². The van der Waals surface area contributed by atoms with E-state index in [1.54, 1.807) is 0 Å². The molecule has 0 bridgehead atoms. The zero-order chi connectivity index (χ0) is 25.1. The van der Waals surface area contributed by atoms with Gasteiger partial charge in [-0.25, -0.2) is 0 Å². The normalized spacial score (nSPS) is 12.8. The van der Waals surface area contributed by atoms with E-state index in [1.807, 2.05) is 0 Å². The average molecular weight is 504 g/mol. The van der Waals surface area contributed by atoms with Gasteiger partial charge in [0.15, 0.2) is 0 Å². The van der Waals surface area contributed by atoms with Gasteiger partial charge in [0, 0.05) is 0 Å². The highest BCUT2D eigenvalue weighted by Gasteiger charge is 2.11. The first-order valence-electron chi connectivity index (χ1n) is 15.1. The lowest BCUT2D eigenvalue weighted by molar-refractivity contribution is 0.179. The van der Waals surface area contributed by atoms with E-state index in [0.717, 1.165) is 31.7 Å². The molecule has 5 heteroatoms. The first-order valence-corrected chi connectivity index (χ1v) is 16.3. The Labute approximate surface area is 215 Å². The molecule has 0 aliphatic carbocycles. The van der Waals surface area contributed by atoms with E-state index in [2.05, 4.69) is 32.6 Å². The molecule has 0 fully saturated rings. The molecule has 0 rings (SSSR count). The molecule has 0 aromatic carbocycles. The van der Waals surface area contributed by atoms with Crippen molar-refractivity contribution in [1.82, 2.24) is 4.90 Å². The minimum Gasteiger partial charge on any atom is -0.328 e. The van der Waals surface area contributed by atoms with Gasteiger partial charge in [0.25, 0.3) is 0 Å². The molecule has 0 aromatic rings. The number of unbranched alkanes of at least 4 members (excludes halogenated alkanes) is 11. The van der Waals surface area contributed by atoms with Crippen LogP contribution in [0.5, 0.6) is 0 Å². The predicted octanol–water partition coefficient (Wildman–Crippen LogP) is 9.65. The van der Waals surface area contributed by atoms with Gasteiger partial charge >= 0.3 is 8.60 Å². The summed E-state index contributed by atoms with van der Waals surface area (Å²) in [6.45, 7) is 13.9. The Balaban J connectivity index is 3.98. The van der Waals surface area contributed by atoms with Crippen molar-refractivity contribution in [3.05, 3.63) is 0 Å². The Hall–Kier alpha value is 0.270. The molecule has 0 saturated carbocycles. The highest BCUT2D eigenvalue weighted by molar-refractivity contribution is 7.40. The van der Waals surface area contributed by atoms with Gasteiger partial charge < -0.3 is 18.8 Å². The number of rotatable bonds is 28. The maximum atomic E-state index is 10.0. The zero-order valence-electron chi connectivity index (χ0n) is 23.7. The van der Waals surface area contributed by atoms with Crippen LogP contribution in [-0.2, 0) is 9.05 Å². The van der Waals surface area contributed by atoms with E-state index in [1.165, 1.54) is 116 Å². The molecule has 0 aliphatic rings. The van der Waals surface area contributed by atoms with Crippen LogP contribution in [-0.4, -0.2) is 42.6 Å². The van der Waals surface area contributed by atoms with Crippen LogP contribution in [0.3, 0.4) is 0 Å². The molecule has 0 amide bonds. The van der Waals surface area contributed by atoms with Crippen LogP contribution in [0.15, 0.2) is 0 Å². The summed E-state index contributed by atoms with van der Waals surface area (Å²) in [6, 6.07) is 0. The van der Waals surface area contributed by atoms with Gasteiger partial charge in [-0.15, -0.1) is 0 Å². The molecule has 1 unspecified atom stereocenters. The minimum atomic E-state index is -1.71. The lowest BCUT2D eigenvalue weighted by atomic mass is 9.95. The summed E-state index contributed by atoms with van der Waals surface area (Å²) in [5, 5.41) is 0. The van der Waals surface area contributed by atoms with Crippen LogP contribution in [0, 0.1) is 5.92 Å². The second kappa shape index (κ2) is 27.9. The molecule has 1 atom stereocenters. The van der Waals surface area contributed by atoms with E-state index in [-0.39, 0.29) is 0 Å². The van der Waals surface area contributed by atoms with Crippen LogP contribution in [0.25, 0.3) is 0 Å². The lowest BCUT2D eigenvalue weighted by Crippen LogP contribution is -2.27. The van der Waals surface area contributed by atoms with Gasteiger partial charge in [0.05, 0.1) is 13.2 Å². The first kappa shape index (κ1) is 34.3.